The largest absolute Gasteiger partial charge is 0.307 e. The van der Waals surface area contributed by atoms with E-state index in [1.54, 1.807) is 23.1 Å². The molecule has 0 saturated heterocycles. The molecule has 5 nitrogen and oxygen atoms in total. The first-order valence-electron chi connectivity index (χ1n) is 7.05. The summed E-state index contributed by atoms with van der Waals surface area (Å²) >= 11 is 6.82. The van der Waals surface area contributed by atoms with E-state index in [-0.39, 0.29) is 5.91 Å². The molecule has 0 aliphatic carbocycles. The SMILES string of the molecule is O=C(c1cccs1)N1CCCc2cc(NS(=O)(=O)CCl)ccc21. The maximum absolute atomic E-state index is 12.6. The van der Waals surface area contributed by atoms with Crippen molar-refractivity contribution in [1.82, 2.24) is 0 Å². The number of rotatable bonds is 4. The molecule has 0 spiro atoms. The number of sulfonamides is 1. The maximum Gasteiger partial charge on any atom is 0.268 e. The summed E-state index contributed by atoms with van der Waals surface area (Å²) in [5.41, 5.74) is 2.26. The Labute approximate surface area is 143 Å². The van der Waals surface area contributed by atoms with Crippen LogP contribution in [-0.2, 0) is 16.4 Å². The first-order valence-corrected chi connectivity index (χ1v) is 10.1. The number of hydrogen-bond acceptors (Lipinski definition) is 4. The van der Waals surface area contributed by atoms with Crippen LogP contribution in [-0.4, -0.2) is 26.1 Å². The van der Waals surface area contributed by atoms with E-state index in [1.807, 2.05) is 17.5 Å². The molecule has 1 aromatic carbocycles. The summed E-state index contributed by atoms with van der Waals surface area (Å²) < 4.78 is 25.5. The standard InChI is InChI=1S/C15H15ClN2O3S2/c16-10-23(20,21)17-12-5-6-13-11(9-12)3-1-7-18(13)15(19)14-4-2-8-22-14/h2,4-6,8-9,17H,1,3,7,10H2. The maximum atomic E-state index is 12.6. The van der Waals surface area contributed by atoms with Gasteiger partial charge in [0.2, 0.25) is 10.0 Å². The first-order chi connectivity index (χ1) is 11.0. The van der Waals surface area contributed by atoms with E-state index >= 15 is 0 Å². The Hall–Kier alpha value is -1.57. The molecule has 23 heavy (non-hydrogen) atoms. The van der Waals surface area contributed by atoms with Crippen LogP contribution in [0.1, 0.15) is 21.7 Å². The fourth-order valence-electron chi connectivity index (χ4n) is 2.61. The fourth-order valence-corrected chi connectivity index (χ4v) is 3.99. The van der Waals surface area contributed by atoms with Crippen molar-refractivity contribution in [2.45, 2.75) is 12.8 Å². The minimum Gasteiger partial charge on any atom is -0.307 e. The summed E-state index contributed by atoms with van der Waals surface area (Å²) in [6, 6.07) is 8.87. The summed E-state index contributed by atoms with van der Waals surface area (Å²) in [5, 5.41) is 1.38. The number of benzene rings is 1. The van der Waals surface area contributed by atoms with Crippen molar-refractivity contribution in [3.63, 3.8) is 0 Å². The molecule has 1 aliphatic heterocycles. The summed E-state index contributed by atoms with van der Waals surface area (Å²) in [7, 11) is -3.53. The van der Waals surface area contributed by atoms with Crippen LogP contribution in [0, 0.1) is 0 Å². The molecule has 1 aliphatic rings. The highest BCUT2D eigenvalue weighted by Crippen LogP contribution is 2.31. The molecule has 8 heteroatoms. The zero-order chi connectivity index (χ0) is 16.4. The van der Waals surface area contributed by atoms with Gasteiger partial charge in [0.1, 0.15) is 5.21 Å². The molecule has 0 saturated carbocycles. The second-order valence-electron chi connectivity index (χ2n) is 5.21. The Morgan fingerprint density at radius 2 is 2.17 bits per heavy atom. The van der Waals surface area contributed by atoms with Crippen LogP contribution in [0.4, 0.5) is 11.4 Å². The highest BCUT2D eigenvalue weighted by Gasteiger charge is 2.24. The molecule has 1 N–H and O–H groups in total. The Morgan fingerprint density at radius 3 is 2.87 bits per heavy atom. The average Bonchev–Trinajstić information content (AvgIpc) is 3.07. The average molecular weight is 371 g/mol. The van der Waals surface area contributed by atoms with Crippen LogP contribution in [0.15, 0.2) is 35.7 Å². The Morgan fingerprint density at radius 1 is 1.35 bits per heavy atom. The molecule has 0 unspecified atom stereocenters. The van der Waals surface area contributed by atoms with Crippen molar-refractivity contribution in [1.29, 1.82) is 0 Å². The molecule has 0 fully saturated rings. The molecule has 0 bridgehead atoms. The third kappa shape index (κ3) is 3.52. The van der Waals surface area contributed by atoms with Gasteiger partial charge in [0.15, 0.2) is 0 Å². The quantitative estimate of drug-likeness (QED) is 0.840. The predicted molar refractivity (Wildman–Crippen MR) is 94.0 cm³/mol. The molecule has 122 valence electrons. The van der Waals surface area contributed by atoms with Gasteiger partial charge in [-0.25, -0.2) is 8.42 Å². The topological polar surface area (TPSA) is 66.5 Å². The van der Waals surface area contributed by atoms with Gasteiger partial charge >= 0.3 is 0 Å². The predicted octanol–water partition coefficient (Wildman–Crippen LogP) is 3.28. The van der Waals surface area contributed by atoms with Gasteiger partial charge in [0, 0.05) is 17.9 Å². The zero-order valence-electron chi connectivity index (χ0n) is 12.2. The molecule has 1 aromatic heterocycles. The molecule has 3 rings (SSSR count). The van der Waals surface area contributed by atoms with Crippen molar-refractivity contribution >= 4 is 50.2 Å². The van der Waals surface area contributed by atoms with Crippen LogP contribution in [0.25, 0.3) is 0 Å². The molecule has 0 radical (unpaired) electrons. The van der Waals surface area contributed by atoms with E-state index < -0.39 is 15.2 Å². The minimum atomic E-state index is -3.53. The van der Waals surface area contributed by atoms with Crippen LogP contribution < -0.4 is 9.62 Å². The number of halogens is 1. The van der Waals surface area contributed by atoms with Crippen molar-refractivity contribution in [3.05, 3.63) is 46.2 Å². The van der Waals surface area contributed by atoms with Crippen molar-refractivity contribution < 1.29 is 13.2 Å². The number of nitrogens with zero attached hydrogens (tertiary/aromatic N) is 1. The van der Waals surface area contributed by atoms with E-state index in [0.29, 0.717) is 17.1 Å². The Bertz CT molecular complexity index is 819. The van der Waals surface area contributed by atoms with Crippen LogP contribution in [0.2, 0.25) is 0 Å². The molecule has 2 aromatic rings. The highest BCUT2D eigenvalue weighted by atomic mass is 35.5. The molecule has 0 atom stereocenters. The molecular weight excluding hydrogens is 356 g/mol. The second kappa shape index (κ2) is 6.51. The van der Waals surface area contributed by atoms with Gasteiger partial charge in [-0.2, -0.15) is 0 Å². The Kier molecular flexibility index (Phi) is 4.61. The summed E-state index contributed by atoms with van der Waals surface area (Å²) in [5.74, 6) is -0.0185. The van der Waals surface area contributed by atoms with Crippen LogP contribution in [0.3, 0.4) is 0 Å². The van der Waals surface area contributed by atoms with Gasteiger partial charge in [0.25, 0.3) is 5.91 Å². The number of hydrogen-bond donors (Lipinski definition) is 1. The van der Waals surface area contributed by atoms with Crippen molar-refractivity contribution in [2.75, 3.05) is 21.4 Å². The summed E-state index contributed by atoms with van der Waals surface area (Å²) in [4.78, 5) is 15.0. The lowest BCUT2D eigenvalue weighted by Gasteiger charge is -2.29. The van der Waals surface area contributed by atoms with E-state index in [1.165, 1.54) is 11.3 Å². The number of anilines is 2. The first kappa shape index (κ1) is 16.3. The monoisotopic (exact) mass is 370 g/mol. The molecular formula is C15H15ClN2O3S2. The van der Waals surface area contributed by atoms with Gasteiger partial charge in [-0.1, -0.05) is 6.07 Å². The smallest absolute Gasteiger partial charge is 0.268 e. The summed E-state index contributed by atoms with van der Waals surface area (Å²) in [6.45, 7) is 0.663. The second-order valence-corrected chi connectivity index (χ2v) is 8.46. The summed E-state index contributed by atoms with van der Waals surface area (Å²) in [6.07, 6.45) is 1.65. The van der Waals surface area contributed by atoms with Crippen molar-refractivity contribution in [3.8, 4) is 0 Å². The number of nitrogens with one attached hydrogen (secondary N) is 1. The number of aryl methyl sites for hydroxylation is 1. The zero-order valence-corrected chi connectivity index (χ0v) is 14.5. The minimum absolute atomic E-state index is 0.0185. The van der Waals surface area contributed by atoms with Gasteiger partial charge in [-0.3, -0.25) is 9.52 Å². The number of carbonyl (C=O) groups is 1. The lowest BCUT2D eigenvalue weighted by molar-refractivity contribution is 0.0989. The van der Waals surface area contributed by atoms with E-state index in [0.717, 1.165) is 24.1 Å². The lowest BCUT2D eigenvalue weighted by atomic mass is 10.0. The van der Waals surface area contributed by atoms with Crippen LogP contribution >= 0.6 is 22.9 Å². The van der Waals surface area contributed by atoms with Gasteiger partial charge in [-0.05, 0) is 48.1 Å². The number of alkyl halides is 1. The number of thiophene rings is 1. The lowest BCUT2D eigenvalue weighted by Crippen LogP contribution is -2.35. The van der Waals surface area contributed by atoms with E-state index in [9.17, 15) is 13.2 Å². The third-order valence-electron chi connectivity index (χ3n) is 3.59. The van der Waals surface area contributed by atoms with Crippen molar-refractivity contribution in [2.24, 2.45) is 0 Å². The van der Waals surface area contributed by atoms with Crippen LogP contribution in [0.5, 0.6) is 0 Å². The molecule has 1 amide bonds. The van der Waals surface area contributed by atoms with E-state index in [2.05, 4.69) is 4.72 Å². The number of fused-ring (bicyclic) bond motifs is 1. The fraction of sp³-hybridized carbons (Fsp3) is 0.267. The third-order valence-corrected chi connectivity index (χ3v) is 6.15. The number of carbonyl (C=O) groups excluding carboxylic acids is 1. The van der Waals surface area contributed by atoms with Gasteiger partial charge < -0.3 is 4.90 Å². The van der Waals surface area contributed by atoms with Gasteiger partial charge in [-0.15, -0.1) is 22.9 Å². The Balaban J connectivity index is 1.90. The highest BCUT2D eigenvalue weighted by molar-refractivity contribution is 7.93. The van der Waals surface area contributed by atoms with Gasteiger partial charge in [0.05, 0.1) is 4.88 Å². The molecule has 2 heterocycles. The number of amides is 1. The van der Waals surface area contributed by atoms with E-state index in [4.69, 9.17) is 11.6 Å². The normalized spacial score (nSPS) is 14.4.